The minimum atomic E-state index is -0.0745. The second-order valence-electron chi connectivity index (χ2n) is 15.3. The lowest BCUT2D eigenvalue weighted by Gasteiger charge is -2.36. The van der Waals surface area contributed by atoms with Crippen molar-refractivity contribution in [3.63, 3.8) is 0 Å². The predicted octanol–water partition coefficient (Wildman–Crippen LogP) is 12.6. The lowest BCUT2D eigenvalue weighted by Crippen LogP contribution is -2.34. The Morgan fingerprint density at radius 1 is 0.479 bits per heavy atom. The number of hydrogen-bond acceptors (Lipinski definition) is 1. The zero-order valence-corrected chi connectivity index (χ0v) is 28.5. The standard InChI is InChI=1S/C47H41N/c1-45(2)40-23-21-36(29-39(40)38-27-33-16-9-10-17-34(33)28-42(38)45)48(35-19-13-18-32(26-35)31-14-7-6-8-15-31)37-22-24-41-43(30-37)47(5)25-12-11-20-44(47)46(41,3)4/h6-30,44H,1-5H3. The first-order valence-electron chi connectivity index (χ1n) is 17.3. The van der Waals surface area contributed by atoms with Gasteiger partial charge in [-0.15, -0.1) is 0 Å². The van der Waals surface area contributed by atoms with Gasteiger partial charge >= 0.3 is 0 Å². The SMILES string of the molecule is CC1(C)c2ccc(N(c3cccc(-c4ccccc4)c3)c3ccc4c(c3)C3(C)C=CC=CC3C4(C)C)cc2-c2cc3ccccc3cc21. The highest BCUT2D eigenvalue weighted by atomic mass is 15.1. The highest BCUT2D eigenvalue weighted by Gasteiger charge is 2.51. The molecule has 0 saturated heterocycles. The summed E-state index contributed by atoms with van der Waals surface area (Å²) in [4.78, 5) is 2.48. The number of anilines is 3. The van der Waals surface area contributed by atoms with Crippen LogP contribution in [0.4, 0.5) is 17.1 Å². The molecular weight excluding hydrogens is 579 g/mol. The zero-order valence-electron chi connectivity index (χ0n) is 28.5. The van der Waals surface area contributed by atoms with Gasteiger partial charge in [-0.1, -0.05) is 138 Å². The van der Waals surface area contributed by atoms with Gasteiger partial charge in [0.05, 0.1) is 0 Å². The molecule has 0 heterocycles. The summed E-state index contributed by atoms with van der Waals surface area (Å²) in [5, 5.41) is 2.59. The van der Waals surface area contributed by atoms with Gasteiger partial charge in [-0.05, 0) is 115 Å². The van der Waals surface area contributed by atoms with Crippen molar-refractivity contribution < 1.29 is 0 Å². The molecule has 9 rings (SSSR count). The molecule has 6 aromatic carbocycles. The summed E-state index contributed by atoms with van der Waals surface area (Å²) < 4.78 is 0. The molecule has 0 spiro atoms. The van der Waals surface area contributed by atoms with E-state index in [1.807, 2.05) is 0 Å². The Kier molecular flexibility index (Phi) is 6.16. The van der Waals surface area contributed by atoms with Crippen LogP contribution in [0.25, 0.3) is 33.0 Å². The second kappa shape index (κ2) is 10.2. The highest BCUT2D eigenvalue weighted by Crippen LogP contribution is 2.58. The number of hydrogen-bond donors (Lipinski definition) is 0. The van der Waals surface area contributed by atoms with Crippen LogP contribution >= 0.6 is 0 Å². The van der Waals surface area contributed by atoms with Crippen LogP contribution in [-0.4, -0.2) is 0 Å². The summed E-state index contributed by atoms with van der Waals surface area (Å²) in [5.74, 6) is 0.420. The van der Waals surface area contributed by atoms with Crippen LogP contribution in [0.5, 0.6) is 0 Å². The van der Waals surface area contributed by atoms with Gasteiger partial charge in [0.1, 0.15) is 0 Å². The van der Waals surface area contributed by atoms with Crippen molar-refractivity contribution in [2.75, 3.05) is 4.90 Å². The monoisotopic (exact) mass is 619 g/mol. The van der Waals surface area contributed by atoms with E-state index in [1.165, 1.54) is 66.7 Å². The summed E-state index contributed by atoms with van der Waals surface area (Å²) in [6.07, 6.45) is 9.31. The fourth-order valence-corrected chi connectivity index (χ4v) is 9.29. The van der Waals surface area contributed by atoms with Crippen LogP contribution in [0.1, 0.15) is 56.9 Å². The Bertz CT molecular complexity index is 2320. The topological polar surface area (TPSA) is 3.24 Å². The smallest absolute Gasteiger partial charge is 0.0468 e. The quantitative estimate of drug-likeness (QED) is 0.190. The third-order valence-electron chi connectivity index (χ3n) is 11.8. The fraction of sp³-hybridized carbons (Fsp3) is 0.191. The van der Waals surface area contributed by atoms with Crippen molar-refractivity contribution in [2.45, 2.75) is 50.9 Å². The number of rotatable bonds is 4. The molecule has 3 aliphatic carbocycles. The molecule has 0 N–H and O–H groups in total. The van der Waals surface area contributed by atoms with Gasteiger partial charge < -0.3 is 4.90 Å². The molecule has 234 valence electrons. The van der Waals surface area contributed by atoms with Gasteiger partial charge in [0, 0.05) is 27.9 Å². The van der Waals surface area contributed by atoms with Gasteiger partial charge in [-0.25, -0.2) is 0 Å². The van der Waals surface area contributed by atoms with E-state index >= 15 is 0 Å². The average molecular weight is 620 g/mol. The lowest BCUT2D eigenvalue weighted by atomic mass is 9.67. The third kappa shape index (κ3) is 4.10. The molecule has 1 nitrogen and oxygen atoms in total. The van der Waals surface area contributed by atoms with Crippen molar-refractivity contribution in [2.24, 2.45) is 5.92 Å². The van der Waals surface area contributed by atoms with Crippen LogP contribution in [-0.2, 0) is 16.2 Å². The normalized spacial score (nSPS) is 20.6. The molecule has 1 heteroatoms. The highest BCUT2D eigenvalue weighted by molar-refractivity contribution is 5.95. The van der Waals surface area contributed by atoms with Crippen molar-refractivity contribution in [1.82, 2.24) is 0 Å². The Hall–Kier alpha value is -5.14. The van der Waals surface area contributed by atoms with E-state index in [2.05, 4.69) is 191 Å². The molecule has 0 aliphatic heterocycles. The van der Waals surface area contributed by atoms with E-state index in [1.54, 1.807) is 0 Å². The van der Waals surface area contributed by atoms with Gasteiger partial charge in [-0.2, -0.15) is 0 Å². The number of benzene rings is 6. The first-order valence-corrected chi connectivity index (χ1v) is 17.3. The van der Waals surface area contributed by atoms with Crippen molar-refractivity contribution in [3.8, 4) is 22.3 Å². The lowest BCUT2D eigenvalue weighted by molar-refractivity contribution is 0.324. The molecular formula is C47H41N. The summed E-state index contributed by atoms with van der Waals surface area (Å²) >= 11 is 0. The molecule has 0 radical (unpaired) electrons. The summed E-state index contributed by atoms with van der Waals surface area (Å²) in [5.41, 5.74) is 14.2. The van der Waals surface area contributed by atoms with Gasteiger partial charge in [0.25, 0.3) is 0 Å². The van der Waals surface area contributed by atoms with Gasteiger partial charge in [0.2, 0.25) is 0 Å². The minimum absolute atomic E-state index is 0.0492. The first-order chi connectivity index (χ1) is 23.2. The molecule has 48 heavy (non-hydrogen) atoms. The molecule has 0 saturated carbocycles. The summed E-state index contributed by atoms with van der Waals surface area (Å²) in [6.45, 7) is 12.0. The predicted molar refractivity (Wildman–Crippen MR) is 204 cm³/mol. The molecule has 2 atom stereocenters. The maximum Gasteiger partial charge on any atom is 0.0468 e. The molecule has 3 aliphatic rings. The van der Waals surface area contributed by atoms with Crippen molar-refractivity contribution in [1.29, 1.82) is 0 Å². The average Bonchev–Trinajstić information content (AvgIpc) is 3.43. The van der Waals surface area contributed by atoms with E-state index < -0.39 is 0 Å². The zero-order chi connectivity index (χ0) is 32.8. The summed E-state index contributed by atoms with van der Waals surface area (Å²) in [6, 6.07) is 47.7. The van der Waals surface area contributed by atoms with Crippen molar-refractivity contribution in [3.05, 3.63) is 174 Å². The number of nitrogens with zero attached hydrogens (tertiary/aromatic N) is 1. The Labute approximate surface area is 284 Å². The van der Waals surface area contributed by atoms with E-state index in [-0.39, 0.29) is 16.2 Å². The second-order valence-corrected chi connectivity index (χ2v) is 15.3. The molecule has 0 amide bonds. The van der Waals surface area contributed by atoms with Crippen LogP contribution in [0, 0.1) is 5.92 Å². The van der Waals surface area contributed by atoms with E-state index in [0.717, 1.165) is 5.69 Å². The van der Waals surface area contributed by atoms with E-state index in [4.69, 9.17) is 0 Å². The van der Waals surface area contributed by atoms with Gasteiger partial charge in [-0.3, -0.25) is 0 Å². The Morgan fingerprint density at radius 2 is 1.12 bits per heavy atom. The summed E-state index contributed by atoms with van der Waals surface area (Å²) in [7, 11) is 0. The molecule has 6 aromatic rings. The van der Waals surface area contributed by atoms with Gasteiger partial charge in [0.15, 0.2) is 0 Å². The van der Waals surface area contributed by atoms with E-state index in [9.17, 15) is 0 Å². The Morgan fingerprint density at radius 3 is 1.92 bits per heavy atom. The molecule has 0 bridgehead atoms. The van der Waals surface area contributed by atoms with Crippen LogP contribution in [0.2, 0.25) is 0 Å². The largest absolute Gasteiger partial charge is 0.310 e. The maximum absolute atomic E-state index is 2.48. The van der Waals surface area contributed by atoms with Crippen molar-refractivity contribution >= 4 is 27.8 Å². The van der Waals surface area contributed by atoms with Crippen LogP contribution in [0.15, 0.2) is 152 Å². The first kappa shape index (κ1) is 29.0. The maximum atomic E-state index is 2.48. The molecule has 0 fully saturated rings. The fourth-order valence-electron chi connectivity index (χ4n) is 9.29. The van der Waals surface area contributed by atoms with Crippen LogP contribution in [0.3, 0.4) is 0 Å². The van der Waals surface area contributed by atoms with E-state index in [0.29, 0.717) is 5.92 Å². The van der Waals surface area contributed by atoms with Crippen LogP contribution < -0.4 is 4.90 Å². The molecule has 2 unspecified atom stereocenters. The Balaban J connectivity index is 1.26. The minimum Gasteiger partial charge on any atom is -0.310 e. The number of allylic oxidation sites excluding steroid dienone is 4. The number of fused-ring (bicyclic) bond motifs is 7. The molecule has 0 aromatic heterocycles. The third-order valence-corrected chi connectivity index (χ3v) is 11.8.